The van der Waals surface area contributed by atoms with Crippen LogP contribution in [-0.2, 0) is 4.79 Å². The number of carboxylic acid groups (broad SMARTS) is 1. The lowest BCUT2D eigenvalue weighted by molar-refractivity contribution is -0.887. The number of likely N-dealkylation sites (N-methyl/N-ethyl adjacent to an activating group) is 1. The fourth-order valence-electron chi connectivity index (χ4n) is 3.15. The number of hydrogen-bond donors (Lipinski definition) is 1. The second-order valence-corrected chi connectivity index (χ2v) is 9.97. The third-order valence-corrected chi connectivity index (χ3v) is 5.78. The van der Waals surface area contributed by atoms with E-state index in [1.807, 2.05) is 0 Å². The molecule has 0 aliphatic rings. The molecule has 1 unspecified atom stereocenters. The van der Waals surface area contributed by atoms with Crippen LogP contribution in [-0.4, -0.2) is 114 Å². The molecular formula is C19H13F24NO3. The highest BCUT2D eigenvalue weighted by Gasteiger charge is 2.99. The van der Waals surface area contributed by atoms with Crippen LogP contribution in [0.15, 0.2) is 11.9 Å². The first-order valence-electron chi connectivity index (χ1n) is 10.9. The van der Waals surface area contributed by atoms with Crippen molar-refractivity contribution >= 4 is 5.97 Å². The number of aliphatic carboxylic acids is 1. The zero-order chi connectivity index (χ0) is 38.9. The number of alkyl halides is 23. The Morgan fingerprint density at radius 1 is 0.574 bits per heavy atom. The Hall–Kier alpha value is -2.55. The first kappa shape index (κ1) is 44.5. The lowest BCUT2D eigenvalue weighted by Gasteiger charge is -2.45. The maximum Gasteiger partial charge on any atom is 0.460 e. The lowest BCUT2D eigenvalue weighted by Crippen LogP contribution is -2.77. The molecular weight excluding hydrogens is 746 g/mol. The van der Waals surface area contributed by atoms with Crippen molar-refractivity contribution in [1.29, 1.82) is 0 Å². The first-order chi connectivity index (χ1) is 19.9. The quantitative estimate of drug-likeness (QED) is 0.166. The molecule has 0 rings (SSSR count). The molecule has 0 aromatic carbocycles. The smallest absolute Gasteiger partial charge is 0.460 e. The number of hydrogen-bond acceptors (Lipinski definition) is 3. The van der Waals surface area contributed by atoms with Crippen LogP contribution in [0.1, 0.15) is 0 Å². The van der Waals surface area contributed by atoms with E-state index < -0.39 is 107 Å². The number of carbonyl (C=O) groups is 1. The van der Waals surface area contributed by atoms with E-state index in [1.165, 1.54) is 0 Å². The van der Waals surface area contributed by atoms with Gasteiger partial charge in [0.1, 0.15) is 19.2 Å². The highest BCUT2D eigenvalue weighted by Crippen LogP contribution is 2.67. The highest BCUT2D eigenvalue weighted by molar-refractivity contribution is 5.65. The van der Waals surface area contributed by atoms with E-state index in [0.717, 1.165) is 14.1 Å². The number of aliphatic hydroxyl groups excluding tert-OH is 1. The maximum absolute atomic E-state index is 13.9. The second-order valence-electron chi connectivity index (χ2n) is 9.97. The predicted molar refractivity (Wildman–Crippen MR) is 97.6 cm³/mol. The van der Waals surface area contributed by atoms with E-state index in [9.17, 15) is 120 Å². The molecule has 0 amide bonds. The average molecular weight is 759 g/mol. The largest absolute Gasteiger partial charge is 0.544 e. The molecule has 280 valence electrons. The third kappa shape index (κ3) is 6.47. The van der Waals surface area contributed by atoms with Gasteiger partial charge in [-0.25, -0.2) is 4.39 Å². The van der Waals surface area contributed by atoms with Crippen LogP contribution in [0, 0.1) is 0 Å². The number of halogens is 24. The van der Waals surface area contributed by atoms with Gasteiger partial charge in [0.25, 0.3) is 0 Å². The predicted octanol–water partition coefficient (Wildman–Crippen LogP) is 5.94. The SMILES string of the molecule is C[N+](C)(CC(=O)[O-])CC(O)C=C(F)C(F)(F)C(F)(F)C(F)(F)C(F)(F)C(F)(F)C(F)(F)C(F)(F)C(F)(F)C(F)(F)C(F)(F)C(F)(F)F. The number of aliphatic hydroxyl groups is 1. The molecule has 0 aliphatic carbocycles. The maximum atomic E-state index is 13.9. The van der Waals surface area contributed by atoms with Crippen molar-refractivity contribution in [2.75, 3.05) is 27.2 Å². The van der Waals surface area contributed by atoms with Crippen molar-refractivity contribution in [2.45, 2.75) is 71.5 Å². The summed E-state index contributed by atoms with van der Waals surface area (Å²) < 4.78 is 321. The number of quaternary nitrogens is 1. The molecule has 1 atom stereocenters. The van der Waals surface area contributed by atoms with Crippen molar-refractivity contribution in [3.8, 4) is 0 Å². The van der Waals surface area contributed by atoms with Crippen LogP contribution < -0.4 is 5.11 Å². The topological polar surface area (TPSA) is 60.4 Å². The van der Waals surface area contributed by atoms with E-state index in [1.54, 1.807) is 0 Å². The Balaban J connectivity index is 7.15. The summed E-state index contributed by atoms with van der Waals surface area (Å²) in [7, 11) is 1.46. The molecule has 0 fully saturated rings. The summed E-state index contributed by atoms with van der Waals surface area (Å²) in [4.78, 5) is 10.5. The normalized spacial score (nSPS) is 17.2. The summed E-state index contributed by atoms with van der Waals surface area (Å²) in [6.45, 7) is -2.63. The molecule has 28 heteroatoms. The van der Waals surface area contributed by atoms with Crippen molar-refractivity contribution in [3.63, 3.8) is 0 Å². The molecule has 0 bridgehead atoms. The second kappa shape index (κ2) is 11.8. The fraction of sp³-hybridized carbons (Fsp3) is 0.842. The Morgan fingerprint density at radius 3 is 1.09 bits per heavy atom. The van der Waals surface area contributed by atoms with Crippen LogP contribution >= 0.6 is 0 Å². The van der Waals surface area contributed by atoms with Crippen LogP contribution in [0.25, 0.3) is 0 Å². The number of nitrogens with zero attached hydrogens (tertiary/aromatic N) is 1. The summed E-state index contributed by atoms with van der Waals surface area (Å²) in [5.74, 6) is -97.0. The standard InChI is InChI=1S/C19H13F24NO3/c1-44(2,5-8(46)47)4-6(45)3-7(20)9(21,22)10(23,24)11(25,26)12(27,28)13(29,30)14(31,32)15(33,34)16(35,36)17(37,38)18(39,40)19(41,42)43/h3,6,45H,4-5H2,1-2H3. The van der Waals surface area contributed by atoms with E-state index in [-0.39, 0.29) is 0 Å². The van der Waals surface area contributed by atoms with Crippen molar-refractivity contribution < 1.29 is 125 Å². The Bertz CT molecular complexity index is 1190. The van der Waals surface area contributed by atoms with E-state index in [4.69, 9.17) is 0 Å². The zero-order valence-corrected chi connectivity index (χ0v) is 21.9. The molecule has 47 heavy (non-hydrogen) atoms. The van der Waals surface area contributed by atoms with E-state index in [2.05, 4.69) is 0 Å². The molecule has 1 N–H and O–H groups in total. The highest BCUT2D eigenvalue weighted by atomic mass is 19.4. The van der Waals surface area contributed by atoms with Gasteiger partial charge in [-0.3, -0.25) is 0 Å². The molecule has 0 aromatic heterocycles. The first-order valence-corrected chi connectivity index (χ1v) is 10.9. The van der Waals surface area contributed by atoms with Gasteiger partial charge in [-0.1, -0.05) is 0 Å². The molecule has 0 saturated heterocycles. The molecule has 4 nitrogen and oxygen atoms in total. The van der Waals surface area contributed by atoms with Crippen LogP contribution in [0.5, 0.6) is 0 Å². The van der Waals surface area contributed by atoms with Gasteiger partial charge in [-0.2, -0.15) is 101 Å². The summed E-state index contributed by atoms with van der Waals surface area (Å²) in [6.07, 6.45) is -12.5. The number of rotatable bonds is 15. The number of carboxylic acids is 1. The minimum absolute atomic E-state index is 0.730. The van der Waals surface area contributed by atoms with Crippen LogP contribution in [0.3, 0.4) is 0 Å². The zero-order valence-electron chi connectivity index (χ0n) is 21.9. The summed E-state index contributed by atoms with van der Waals surface area (Å²) >= 11 is 0. The summed E-state index contributed by atoms with van der Waals surface area (Å²) in [6, 6.07) is 0. The molecule has 0 aromatic rings. The molecule has 0 spiro atoms. The van der Waals surface area contributed by atoms with Crippen molar-refractivity contribution in [1.82, 2.24) is 0 Å². The molecule has 0 heterocycles. The third-order valence-electron chi connectivity index (χ3n) is 5.78. The van der Waals surface area contributed by atoms with Crippen molar-refractivity contribution in [2.24, 2.45) is 0 Å². The number of carbonyl (C=O) groups excluding carboxylic acids is 1. The average Bonchev–Trinajstić information content (AvgIpc) is 2.80. The Labute approximate surface area is 242 Å². The fourth-order valence-corrected chi connectivity index (χ4v) is 3.15. The van der Waals surface area contributed by atoms with Gasteiger partial charge in [-0.15, -0.1) is 0 Å². The van der Waals surface area contributed by atoms with E-state index >= 15 is 0 Å². The van der Waals surface area contributed by atoms with Crippen molar-refractivity contribution in [3.05, 3.63) is 11.9 Å². The monoisotopic (exact) mass is 759 g/mol. The molecule has 0 radical (unpaired) electrons. The minimum Gasteiger partial charge on any atom is -0.544 e. The van der Waals surface area contributed by atoms with Gasteiger partial charge in [0.05, 0.1) is 20.1 Å². The minimum atomic E-state index is -9.58. The number of allylic oxidation sites excluding steroid dienone is 1. The molecule has 0 saturated carbocycles. The van der Waals surface area contributed by atoms with Gasteiger partial charge >= 0.3 is 65.4 Å². The summed E-state index contributed by atoms with van der Waals surface area (Å²) in [5, 5.41) is 19.9. The lowest BCUT2D eigenvalue weighted by atomic mass is 9.85. The Kier molecular flexibility index (Phi) is 11.2. The Morgan fingerprint density at radius 2 is 0.830 bits per heavy atom. The van der Waals surface area contributed by atoms with E-state index in [0.29, 0.717) is 0 Å². The van der Waals surface area contributed by atoms with Gasteiger partial charge in [0, 0.05) is 0 Å². The van der Waals surface area contributed by atoms with Gasteiger partial charge < -0.3 is 19.5 Å². The summed E-state index contributed by atoms with van der Waals surface area (Å²) in [5.41, 5.74) is 0. The van der Waals surface area contributed by atoms with Crippen LogP contribution in [0.4, 0.5) is 105 Å². The molecule has 0 aliphatic heterocycles. The van der Waals surface area contributed by atoms with Crippen LogP contribution in [0.2, 0.25) is 0 Å². The van der Waals surface area contributed by atoms with Gasteiger partial charge in [0.2, 0.25) is 0 Å². The van der Waals surface area contributed by atoms with Gasteiger partial charge in [-0.05, 0) is 6.08 Å². The van der Waals surface area contributed by atoms with Gasteiger partial charge in [0.15, 0.2) is 5.83 Å².